The quantitative estimate of drug-likeness (QED) is 0.793. The van der Waals surface area contributed by atoms with E-state index in [0.717, 1.165) is 0 Å². The first-order chi connectivity index (χ1) is 11.4. The third-order valence-corrected chi connectivity index (χ3v) is 4.51. The smallest absolute Gasteiger partial charge is 0.223 e. The van der Waals surface area contributed by atoms with Gasteiger partial charge in [-0.2, -0.15) is 0 Å². The van der Waals surface area contributed by atoms with Gasteiger partial charge in [-0.05, 0) is 31.0 Å². The number of primary amides is 1. The van der Waals surface area contributed by atoms with E-state index in [1.54, 1.807) is 23.1 Å². The lowest BCUT2D eigenvalue weighted by Crippen LogP contribution is -2.41. The number of ketones is 1. The Labute approximate surface area is 145 Å². The summed E-state index contributed by atoms with van der Waals surface area (Å²) in [6.07, 6.45) is 1.37. The summed E-state index contributed by atoms with van der Waals surface area (Å²) in [6, 6.07) is 4.82. The third-order valence-electron chi connectivity index (χ3n) is 4.28. The van der Waals surface area contributed by atoms with Crippen LogP contribution in [0.2, 0.25) is 5.02 Å². The van der Waals surface area contributed by atoms with Gasteiger partial charge in [0.2, 0.25) is 11.8 Å². The molecule has 0 atom stereocenters. The van der Waals surface area contributed by atoms with Gasteiger partial charge in [0.15, 0.2) is 5.78 Å². The second kappa shape index (κ2) is 8.15. The fraction of sp³-hybridized carbons (Fsp3) is 0.471. The maximum atomic E-state index is 12.3. The van der Waals surface area contributed by atoms with Gasteiger partial charge in [0, 0.05) is 36.9 Å². The lowest BCUT2D eigenvalue weighted by molar-refractivity contribution is -0.134. The van der Waals surface area contributed by atoms with Gasteiger partial charge in [0.1, 0.15) is 5.75 Å². The van der Waals surface area contributed by atoms with Gasteiger partial charge < -0.3 is 15.4 Å². The van der Waals surface area contributed by atoms with Crippen molar-refractivity contribution < 1.29 is 19.1 Å². The van der Waals surface area contributed by atoms with Crippen LogP contribution in [-0.2, 0) is 9.59 Å². The molecule has 0 radical (unpaired) electrons. The number of Topliss-reactive ketones (excluding diaryl/α,β-unsaturated/α-hetero) is 1. The molecule has 0 saturated carbocycles. The van der Waals surface area contributed by atoms with Crippen LogP contribution in [0.1, 0.15) is 36.0 Å². The summed E-state index contributed by atoms with van der Waals surface area (Å²) in [5, 5.41) is 0.444. The van der Waals surface area contributed by atoms with Crippen molar-refractivity contribution >= 4 is 29.2 Å². The minimum absolute atomic E-state index is 0.0886. The van der Waals surface area contributed by atoms with E-state index in [1.807, 2.05) is 0 Å². The van der Waals surface area contributed by atoms with Crippen LogP contribution < -0.4 is 10.5 Å². The number of halogens is 1. The van der Waals surface area contributed by atoms with E-state index in [2.05, 4.69) is 0 Å². The van der Waals surface area contributed by atoms with Crippen molar-refractivity contribution in [1.82, 2.24) is 4.90 Å². The molecule has 6 nitrogen and oxygen atoms in total. The van der Waals surface area contributed by atoms with E-state index in [0.29, 0.717) is 42.3 Å². The number of benzene rings is 1. The summed E-state index contributed by atoms with van der Waals surface area (Å²) in [7, 11) is 1.48. The Morgan fingerprint density at radius 2 is 1.92 bits per heavy atom. The van der Waals surface area contributed by atoms with Crippen molar-refractivity contribution in [3.63, 3.8) is 0 Å². The van der Waals surface area contributed by atoms with Crippen LogP contribution in [0.3, 0.4) is 0 Å². The molecule has 2 N–H and O–H groups in total. The number of ether oxygens (including phenoxy) is 1. The molecule has 130 valence electrons. The number of carbonyl (C=O) groups is 3. The van der Waals surface area contributed by atoms with Gasteiger partial charge in [-0.15, -0.1) is 0 Å². The first kappa shape index (κ1) is 18.3. The molecule has 1 aromatic rings. The van der Waals surface area contributed by atoms with E-state index in [9.17, 15) is 14.4 Å². The molecule has 24 heavy (non-hydrogen) atoms. The Kier molecular flexibility index (Phi) is 6.20. The zero-order valence-electron chi connectivity index (χ0n) is 13.6. The van der Waals surface area contributed by atoms with Crippen molar-refractivity contribution in [2.45, 2.75) is 25.7 Å². The summed E-state index contributed by atoms with van der Waals surface area (Å²) in [6.45, 7) is 1.00. The summed E-state index contributed by atoms with van der Waals surface area (Å²) < 4.78 is 5.16. The van der Waals surface area contributed by atoms with Gasteiger partial charge in [-0.25, -0.2) is 0 Å². The highest BCUT2D eigenvalue weighted by atomic mass is 35.5. The number of carbonyl (C=O) groups excluding carboxylic acids is 3. The molecule has 1 aliphatic heterocycles. The summed E-state index contributed by atoms with van der Waals surface area (Å²) in [5.74, 6) is -0.308. The Morgan fingerprint density at radius 1 is 1.25 bits per heavy atom. The van der Waals surface area contributed by atoms with Crippen LogP contribution in [0.5, 0.6) is 5.75 Å². The molecule has 7 heteroatoms. The van der Waals surface area contributed by atoms with Crippen molar-refractivity contribution in [2.75, 3.05) is 20.2 Å². The average Bonchev–Trinajstić information content (AvgIpc) is 2.59. The van der Waals surface area contributed by atoms with Crippen LogP contribution in [0.25, 0.3) is 0 Å². The number of nitrogens with zero attached hydrogens (tertiary/aromatic N) is 1. The van der Waals surface area contributed by atoms with E-state index in [4.69, 9.17) is 22.1 Å². The van der Waals surface area contributed by atoms with Crippen LogP contribution in [0, 0.1) is 5.92 Å². The first-order valence-corrected chi connectivity index (χ1v) is 8.24. The van der Waals surface area contributed by atoms with E-state index in [-0.39, 0.29) is 36.4 Å². The van der Waals surface area contributed by atoms with E-state index >= 15 is 0 Å². The molecule has 0 aromatic heterocycles. The fourth-order valence-corrected chi connectivity index (χ4v) is 3.00. The zero-order valence-corrected chi connectivity index (χ0v) is 14.3. The van der Waals surface area contributed by atoms with Gasteiger partial charge in [0.25, 0.3) is 0 Å². The van der Waals surface area contributed by atoms with Crippen LogP contribution in [0.4, 0.5) is 0 Å². The molecule has 2 amide bonds. The van der Waals surface area contributed by atoms with E-state index in [1.165, 1.54) is 7.11 Å². The van der Waals surface area contributed by atoms with Crippen LogP contribution >= 0.6 is 11.6 Å². The average molecular weight is 353 g/mol. The Balaban J connectivity index is 1.89. The number of piperidine rings is 1. The van der Waals surface area contributed by atoms with E-state index < -0.39 is 0 Å². The molecule has 1 fully saturated rings. The highest BCUT2D eigenvalue weighted by molar-refractivity contribution is 6.31. The summed E-state index contributed by atoms with van der Waals surface area (Å²) in [4.78, 5) is 37.4. The predicted octanol–water partition coefficient (Wildman–Crippen LogP) is 2.04. The number of nitrogens with two attached hydrogens (primary N) is 1. The third kappa shape index (κ3) is 4.47. The van der Waals surface area contributed by atoms with Crippen molar-refractivity contribution in [1.29, 1.82) is 0 Å². The molecular weight excluding hydrogens is 332 g/mol. The maximum absolute atomic E-state index is 12.3. The first-order valence-electron chi connectivity index (χ1n) is 7.86. The van der Waals surface area contributed by atoms with Gasteiger partial charge in [-0.1, -0.05) is 11.6 Å². The maximum Gasteiger partial charge on any atom is 0.223 e. The molecular formula is C17H21ClN2O4. The number of rotatable bonds is 6. The number of hydrogen-bond donors (Lipinski definition) is 1. The van der Waals surface area contributed by atoms with Gasteiger partial charge >= 0.3 is 0 Å². The van der Waals surface area contributed by atoms with Crippen LogP contribution in [-0.4, -0.2) is 42.7 Å². The molecule has 0 unspecified atom stereocenters. The zero-order chi connectivity index (χ0) is 17.7. The second-order valence-electron chi connectivity index (χ2n) is 5.83. The highest BCUT2D eigenvalue weighted by Gasteiger charge is 2.26. The van der Waals surface area contributed by atoms with Gasteiger partial charge in [-0.3, -0.25) is 14.4 Å². The van der Waals surface area contributed by atoms with Crippen molar-refractivity contribution in [2.24, 2.45) is 11.7 Å². The standard InChI is InChI=1S/C17H21ClN2O4/c1-24-15-4-2-12(18)10-13(15)14(21)3-5-16(22)20-8-6-11(7-9-20)17(19)23/h2,4,10-11H,3,5-9H2,1H3,(H2,19,23). The Bertz CT molecular complexity index is 639. The number of methoxy groups -OCH3 is 1. The number of hydrogen-bond acceptors (Lipinski definition) is 4. The lowest BCUT2D eigenvalue weighted by Gasteiger charge is -2.30. The number of likely N-dealkylation sites (tertiary alicyclic amines) is 1. The summed E-state index contributed by atoms with van der Waals surface area (Å²) in [5.41, 5.74) is 5.66. The molecule has 2 rings (SSSR count). The van der Waals surface area contributed by atoms with Crippen LogP contribution in [0.15, 0.2) is 18.2 Å². The minimum Gasteiger partial charge on any atom is -0.496 e. The molecule has 1 aliphatic rings. The molecule has 0 bridgehead atoms. The normalized spacial score (nSPS) is 15.2. The monoisotopic (exact) mass is 352 g/mol. The SMILES string of the molecule is COc1ccc(Cl)cc1C(=O)CCC(=O)N1CCC(C(N)=O)CC1. The summed E-state index contributed by atoms with van der Waals surface area (Å²) >= 11 is 5.92. The molecule has 0 spiro atoms. The number of amides is 2. The lowest BCUT2D eigenvalue weighted by atomic mass is 9.96. The molecule has 1 aromatic carbocycles. The largest absolute Gasteiger partial charge is 0.496 e. The molecule has 1 heterocycles. The van der Waals surface area contributed by atoms with Gasteiger partial charge in [0.05, 0.1) is 12.7 Å². The molecule has 1 saturated heterocycles. The second-order valence-corrected chi connectivity index (χ2v) is 6.26. The predicted molar refractivity (Wildman–Crippen MR) is 90.1 cm³/mol. The fourth-order valence-electron chi connectivity index (χ4n) is 2.82. The minimum atomic E-state index is -0.315. The topological polar surface area (TPSA) is 89.7 Å². The van der Waals surface area contributed by atoms with Crippen molar-refractivity contribution in [3.8, 4) is 5.75 Å². The Morgan fingerprint density at radius 3 is 2.50 bits per heavy atom. The highest BCUT2D eigenvalue weighted by Crippen LogP contribution is 2.25. The Hall–Kier alpha value is -2.08. The van der Waals surface area contributed by atoms with Crippen molar-refractivity contribution in [3.05, 3.63) is 28.8 Å². The molecule has 0 aliphatic carbocycles.